The van der Waals surface area contributed by atoms with Gasteiger partial charge in [-0.05, 0) is 49.2 Å². The Balaban J connectivity index is 1.37. The van der Waals surface area contributed by atoms with Gasteiger partial charge >= 0.3 is 0 Å². The first-order valence-electron chi connectivity index (χ1n) is 9.99. The predicted molar refractivity (Wildman–Crippen MR) is 120 cm³/mol. The fourth-order valence-electron chi connectivity index (χ4n) is 3.18. The summed E-state index contributed by atoms with van der Waals surface area (Å²) in [7, 11) is 0. The van der Waals surface area contributed by atoms with Crippen LogP contribution in [0.3, 0.4) is 0 Å². The predicted octanol–water partition coefficient (Wildman–Crippen LogP) is 4.36. The number of halogens is 1. The van der Waals surface area contributed by atoms with E-state index in [4.69, 9.17) is 21.1 Å². The Bertz CT molecular complexity index is 1090. The molecule has 1 unspecified atom stereocenters. The highest BCUT2D eigenvalue weighted by molar-refractivity contribution is 7.99. The van der Waals surface area contributed by atoms with E-state index in [0.29, 0.717) is 23.4 Å². The highest BCUT2D eigenvalue weighted by atomic mass is 35.5. The van der Waals surface area contributed by atoms with Crippen molar-refractivity contribution >= 4 is 29.3 Å². The molecule has 9 heteroatoms. The summed E-state index contributed by atoms with van der Waals surface area (Å²) in [5.74, 6) is 1.58. The maximum Gasteiger partial charge on any atom is 0.230 e. The fourth-order valence-corrected chi connectivity index (χ4v) is 4.09. The maximum absolute atomic E-state index is 12.5. The third kappa shape index (κ3) is 5.14. The molecule has 1 aliphatic heterocycles. The number of benzene rings is 2. The van der Waals surface area contributed by atoms with Crippen LogP contribution in [-0.4, -0.2) is 39.6 Å². The number of ether oxygens (including phenoxy) is 2. The minimum Gasteiger partial charge on any atom is -0.490 e. The molecule has 1 atom stereocenters. The average molecular weight is 459 g/mol. The molecular weight excluding hydrogens is 436 g/mol. The van der Waals surface area contributed by atoms with Gasteiger partial charge in [0.1, 0.15) is 6.33 Å². The number of aromatic nitrogens is 3. The largest absolute Gasteiger partial charge is 0.490 e. The first-order chi connectivity index (χ1) is 15.0. The summed E-state index contributed by atoms with van der Waals surface area (Å²) < 4.78 is 13.2. The fraction of sp³-hybridized carbons (Fsp3) is 0.318. The van der Waals surface area contributed by atoms with Crippen LogP contribution in [0.25, 0.3) is 5.69 Å². The molecule has 0 fully saturated rings. The standard InChI is InChI=1S/C22H23ClN4O3S/c1-14-4-6-17(11-18(14)23)27-13-24-26-22(27)31-12-21(28)25-15(2)16-5-7-19-20(10-16)30-9-3-8-29-19/h4-7,10-11,13,15H,3,8-9,12H2,1-2H3,(H,25,28). The van der Waals surface area contributed by atoms with E-state index in [1.165, 1.54) is 11.8 Å². The summed E-state index contributed by atoms with van der Waals surface area (Å²) in [6.45, 7) is 5.16. The van der Waals surface area contributed by atoms with E-state index in [2.05, 4.69) is 15.5 Å². The summed E-state index contributed by atoms with van der Waals surface area (Å²) in [5.41, 5.74) is 2.81. The van der Waals surface area contributed by atoms with E-state index < -0.39 is 0 Å². The van der Waals surface area contributed by atoms with E-state index in [9.17, 15) is 4.79 Å². The van der Waals surface area contributed by atoms with Crippen molar-refractivity contribution in [1.29, 1.82) is 0 Å². The lowest BCUT2D eigenvalue weighted by Gasteiger charge is -2.16. The van der Waals surface area contributed by atoms with Gasteiger partial charge in [-0.15, -0.1) is 10.2 Å². The Hall–Kier alpha value is -2.71. The molecule has 1 aliphatic rings. The topological polar surface area (TPSA) is 78.3 Å². The van der Waals surface area contributed by atoms with Gasteiger partial charge < -0.3 is 14.8 Å². The van der Waals surface area contributed by atoms with Crippen LogP contribution in [0, 0.1) is 6.92 Å². The van der Waals surface area contributed by atoms with Crippen LogP contribution in [0.2, 0.25) is 5.02 Å². The molecule has 2 aromatic carbocycles. The molecule has 162 valence electrons. The van der Waals surface area contributed by atoms with Gasteiger partial charge in [0.2, 0.25) is 5.91 Å². The number of nitrogens with one attached hydrogen (secondary N) is 1. The second kappa shape index (κ2) is 9.62. The van der Waals surface area contributed by atoms with Gasteiger partial charge in [-0.1, -0.05) is 35.5 Å². The van der Waals surface area contributed by atoms with Crippen LogP contribution in [0.15, 0.2) is 47.9 Å². The second-order valence-corrected chi connectivity index (χ2v) is 8.60. The van der Waals surface area contributed by atoms with Gasteiger partial charge in [0.05, 0.1) is 30.7 Å². The monoisotopic (exact) mass is 458 g/mol. The Morgan fingerprint density at radius 1 is 1.23 bits per heavy atom. The van der Waals surface area contributed by atoms with Crippen molar-refractivity contribution in [2.75, 3.05) is 19.0 Å². The van der Waals surface area contributed by atoms with Gasteiger partial charge in [0, 0.05) is 11.4 Å². The molecule has 2 heterocycles. The second-order valence-electron chi connectivity index (χ2n) is 7.25. The number of carbonyl (C=O) groups is 1. The number of nitrogens with zero attached hydrogens (tertiary/aromatic N) is 3. The third-order valence-corrected chi connectivity index (χ3v) is 6.28. The van der Waals surface area contributed by atoms with Gasteiger partial charge in [-0.25, -0.2) is 0 Å². The molecule has 0 radical (unpaired) electrons. The minimum atomic E-state index is -0.168. The molecular formula is C22H23ClN4O3S. The molecule has 1 amide bonds. The van der Waals surface area contributed by atoms with Crippen LogP contribution in [0.4, 0.5) is 0 Å². The molecule has 0 bridgehead atoms. The number of thioether (sulfide) groups is 1. The number of amides is 1. The number of fused-ring (bicyclic) bond motifs is 1. The zero-order chi connectivity index (χ0) is 21.8. The van der Waals surface area contributed by atoms with Crippen LogP contribution in [0.5, 0.6) is 11.5 Å². The quantitative estimate of drug-likeness (QED) is 0.553. The molecule has 0 saturated carbocycles. The summed E-state index contributed by atoms with van der Waals surface area (Å²) >= 11 is 7.56. The first kappa shape index (κ1) is 21.5. The van der Waals surface area contributed by atoms with E-state index >= 15 is 0 Å². The van der Waals surface area contributed by atoms with Crippen LogP contribution in [-0.2, 0) is 4.79 Å². The first-order valence-corrected chi connectivity index (χ1v) is 11.4. The highest BCUT2D eigenvalue weighted by Crippen LogP contribution is 2.32. The number of aryl methyl sites for hydroxylation is 1. The Morgan fingerprint density at radius 2 is 2.03 bits per heavy atom. The van der Waals surface area contributed by atoms with Crippen molar-refractivity contribution in [2.45, 2.75) is 31.5 Å². The molecule has 3 aromatic rings. The van der Waals surface area contributed by atoms with Crippen molar-refractivity contribution in [3.05, 3.63) is 58.9 Å². The van der Waals surface area contributed by atoms with E-state index in [1.54, 1.807) is 6.33 Å². The molecule has 0 spiro atoms. The highest BCUT2D eigenvalue weighted by Gasteiger charge is 2.16. The molecule has 0 aliphatic carbocycles. The molecule has 0 saturated heterocycles. The summed E-state index contributed by atoms with van der Waals surface area (Å²) in [6, 6.07) is 11.3. The SMILES string of the molecule is Cc1ccc(-n2cnnc2SCC(=O)NC(C)c2ccc3c(c2)OCCCO3)cc1Cl. The van der Waals surface area contributed by atoms with Crippen LogP contribution < -0.4 is 14.8 Å². The van der Waals surface area contributed by atoms with Gasteiger partial charge in [0.15, 0.2) is 16.7 Å². The van der Waals surface area contributed by atoms with Crippen molar-refractivity contribution in [3.63, 3.8) is 0 Å². The van der Waals surface area contributed by atoms with Gasteiger partial charge in [-0.2, -0.15) is 0 Å². The van der Waals surface area contributed by atoms with Crippen molar-refractivity contribution < 1.29 is 14.3 Å². The van der Waals surface area contributed by atoms with Gasteiger partial charge in [0.25, 0.3) is 0 Å². The molecule has 31 heavy (non-hydrogen) atoms. The third-order valence-electron chi connectivity index (χ3n) is 4.93. The lowest BCUT2D eigenvalue weighted by Crippen LogP contribution is -2.28. The molecule has 1 N–H and O–H groups in total. The summed E-state index contributed by atoms with van der Waals surface area (Å²) in [6.07, 6.45) is 2.47. The van der Waals surface area contributed by atoms with Crippen molar-refractivity contribution in [3.8, 4) is 17.2 Å². The van der Waals surface area contributed by atoms with Crippen LogP contribution in [0.1, 0.15) is 30.5 Å². The molecule has 4 rings (SSSR count). The maximum atomic E-state index is 12.5. The van der Waals surface area contributed by atoms with Crippen molar-refractivity contribution in [1.82, 2.24) is 20.1 Å². The minimum absolute atomic E-state index is 0.0962. The number of hydrogen-bond acceptors (Lipinski definition) is 6. The normalized spacial score (nSPS) is 14.0. The Morgan fingerprint density at radius 3 is 2.84 bits per heavy atom. The number of hydrogen-bond donors (Lipinski definition) is 1. The summed E-state index contributed by atoms with van der Waals surface area (Å²) in [5, 5.41) is 12.4. The number of carbonyl (C=O) groups excluding carboxylic acids is 1. The molecule has 7 nitrogen and oxygen atoms in total. The molecule has 1 aromatic heterocycles. The van der Waals surface area contributed by atoms with E-state index in [0.717, 1.165) is 34.7 Å². The lowest BCUT2D eigenvalue weighted by atomic mass is 10.1. The Kier molecular flexibility index (Phi) is 6.67. The average Bonchev–Trinajstić information content (AvgIpc) is 3.10. The Labute approximate surface area is 190 Å². The van der Waals surface area contributed by atoms with Crippen molar-refractivity contribution in [2.24, 2.45) is 0 Å². The van der Waals surface area contributed by atoms with Crippen LogP contribution >= 0.6 is 23.4 Å². The zero-order valence-electron chi connectivity index (χ0n) is 17.3. The van der Waals surface area contributed by atoms with Gasteiger partial charge in [-0.3, -0.25) is 9.36 Å². The number of rotatable bonds is 6. The summed E-state index contributed by atoms with van der Waals surface area (Å²) in [4.78, 5) is 12.5. The lowest BCUT2D eigenvalue weighted by molar-refractivity contribution is -0.119. The zero-order valence-corrected chi connectivity index (χ0v) is 18.9. The van der Waals surface area contributed by atoms with E-state index in [1.807, 2.05) is 54.8 Å². The smallest absolute Gasteiger partial charge is 0.230 e. The van der Waals surface area contributed by atoms with E-state index in [-0.39, 0.29) is 17.7 Å².